The maximum Gasteiger partial charge on any atom is 0.408 e. The molecule has 45 heavy (non-hydrogen) atoms. The highest BCUT2D eigenvalue weighted by Crippen LogP contribution is 2.44. The van der Waals surface area contributed by atoms with Gasteiger partial charge in [-0.3, -0.25) is 4.98 Å². The molecule has 5 aromatic rings. The topological polar surface area (TPSA) is 107 Å². The molecule has 1 aliphatic heterocycles. The lowest BCUT2D eigenvalue weighted by Crippen LogP contribution is -2.52. The van der Waals surface area contributed by atoms with E-state index in [1.165, 1.54) is 0 Å². The zero-order chi connectivity index (χ0) is 31.0. The predicted molar refractivity (Wildman–Crippen MR) is 173 cm³/mol. The molecule has 1 saturated heterocycles. The van der Waals surface area contributed by atoms with Crippen molar-refractivity contribution in [2.45, 2.75) is 51.2 Å². The van der Waals surface area contributed by atoms with Crippen molar-refractivity contribution < 1.29 is 14.3 Å². The molecule has 7 rings (SSSR count). The Balaban J connectivity index is 1.37. The third kappa shape index (κ3) is 5.73. The van der Waals surface area contributed by atoms with Crippen LogP contribution in [0.5, 0.6) is 0 Å². The van der Waals surface area contributed by atoms with Gasteiger partial charge in [-0.25, -0.2) is 9.78 Å². The number of pyridine rings is 1. The van der Waals surface area contributed by atoms with Gasteiger partial charge in [-0.1, -0.05) is 60.7 Å². The van der Waals surface area contributed by atoms with Crippen LogP contribution in [0.4, 0.5) is 10.6 Å². The van der Waals surface area contributed by atoms with Crippen molar-refractivity contribution in [1.29, 1.82) is 0 Å². The maximum absolute atomic E-state index is 12.8. The number of benzene rings is 2. The summed E-state index contributed by atoms with van der Waals surface area (Å²) in [6.07, 6.45) is 4.12. The fourth-order valence-electron chi connectivity index (χ4n) is 6.10. The van der Waals surface area contributed by atoms with Crippen LogP contribution in [0.1, 0.15) is 45.6 Å². The zero-order valence-electron chi connectivity index (χ0n) is 25.9. The molecule has 1 amide bonds. The number of nitrogens with one attached hydrogen (secondary N) is 1. The first kappa shape index (κ1) is 28.9. The van der Waals surface area contributed by atoms with Crippen molar-refractivity contribution in [3.05, 3.63) is 84.6 Å². The molecule has 10 heteroatoms. The summed E-state index contributed by atoms with van der Waals surface area (Å²) in [6.45, 7) is 8.31. The molecule has 0 radical (unpaired) electrons. The van der Waals surface area contributed by atoms with E-state index >= 15 is 0 Å². The Morgan fingerprint density at radius 3 is 2.29 bits per heavy atom. The minimum atomic E-state index is -0.562. The summed E-state index contributed by atoms with van der Waals surface area (Å²) in [5.41, 5.74) is 4.50. The van der Waals surface area contributed by atoms with Gasteiger partial charge in [0.05, 0.1) is 30.0 Å². The van der Waals surface area contributed by atoms with Crippen LogP contribution in [-0.4, -0.2) is 62.6 Å². The van der Waals surface area contributed by atoms with E-state index in [2.05, 4.69) is 51.6 Å². The van der Waals surface area contributed by atoms with E-state index in [0.29, 0.717) is 30.5 Å². The number of amides is 1. The normalized spacial score (nSPS) is 16.3. The Morgan fingerprint density at radius 1 is 0.911 bits per heavy atom. The van der Waals surface area contributed by atoms with Crippen LogP contribution in [0.25, 0.3) is 39.7 Å². The fourth-order valence-corrected chi connectivity index (χ4v) is 6.10. The molecular formula is C35H37N7O3. The van der Waals surface area contributed by atoms with Crippen molar-refractivity contribution in [3.63, 3.8) is 0 Å². The highest BCUT2D eigenvalue weighted by Gasteiger charge is 2.41. The lowest BCUT2D eigenvalue weighted by Gasteiger charge is -2.43. The molecule has 0 atom stereocenters. The van der Waals surface area contributed by atoms with Crippen molar-refractivity contribution in [3.8, 4) is 33.9 Å². The molecule has 2 aliphatic rings. The van der Waals surface area contributed by atoms with Gasteiger partial charge >= 0.3 is 6.09 Å². The average molecular weight is 604 g/mol. The molecule has 2 aromatic carbocycles. The molecule has 230 valence electrons. The largest absolute Gasteiger partial charge is 0.444 e. The first-order valence-corrected chi connectivity index (χ1v) is 15.5. The van der Waals surface area contributed by atoms with Crippen LogP contribution in [0.2, 0.25) is 0 Å². The first-order valence-electron chi connectivity index (χ1n) is 15.5. The van der Waals surface area contributed by atoms with Crippen molar-refractivity contribution in [1.82, 2.24) is 29.9 Å². The second-order valence-corrected chi connectivity index (χ2v) is 12.6. The number of hydrogen-bond acceptors (Lipinski definition) is 8. The Labute approximate surface area is 262 Å². The molecule has 1 saturated carbocycles. The molecular weight excluding hydrogens is 566 g/mol. The van der Waals surface area contributed by atoms with E-state index < -0.39 is 17.2 Å². The lowest BCUT2D eigenvalue weighted by atomic mass is 9.71. The van der Waals surface area contributed by atoms with Gasteiger partial charge in [-0.2, -0.15) is 9.50 Å². The molecule has 2 fully saturated rings. The molecule has 10 nitrogen and oxygen atoms in total. The molecule has 1 aliphatic carbocycles. The quantitative estimate of drug-likeness (QED) is 0.242. The van der Waals surface area contributed by atoms with E-state index in [1.54, 1.807) is 6.20 Å². The van der Waals surface area contributed by atoms with E-state index in [0.717, 1.165) is 66.1 Å². The molecule has 3 aromatic heterocycles. The molecule has 0 unspecified atom stereocenters. The van der Waals surface area contributed by atoms with Gasteiger partial charge in [0.2, 0.25) is 5.82 Å². The molecule has 0 bridgehead atoms. The predicted octanol–water partition coefficient (Wildman–Crippen LogP) is 6.26. The van der Waals surface area contributed by atoms with Gasteiger partial charge in [0.1, 0.15) is 17.1 Å². The minimum Gasteiger partial charge on any atom is -0.444 e. The average Bonchev–Trinajstić information content (AvgIpc) is 3.47. The smallest absolute Gasteiger partial charge is 0.408 e. The van der Waals surface area contributed by atoms with Gasteiger partial charge in [0.15, 0.2) is 0 Å². The minimum absolute atomic E-state index is 0.393. The lowest BCUT2D eigenvalue weighted by molar-refractivity contribution is 0.0377. The van der Waals surface area contributed by atoms with Crippen LogP contribution in [0.15, 0.2) is 79.0 Å². The number of rotatable bonds is 6. The maximum atomic E-state index is 12.8. The first-order chi connectivity index (χ1) is 21.8. The number of carbonyl (C=O) groups is 1. The third-order valence-corrected chi connectivity index (χ3v) is 8.39. The highest BCUT2D eigenvalue weighted by atomic mass is 16.6. The molecule has 1 N–H and O–H groups in total. The van der Waals surface area contributed by atoms with Crippen molar-refractivity contribution in [2.24, 2.45) is 0 Å². The van der Waals surface area contributed by atoms with Gasteiger partial charge in [-0.15, -0.1) is 5.10 Å². The van der Waals surface area contributed by atoms with Gasteiger partial charge < -0.3 is 19.7 Å². The zero-order valence-corrected chi connectivity index (χ0v) is 25.9. The number of morpholine rings is 1. The number of aromatic nitrogens is 5. The van der Waals surface area contributed by atoms with Crippen LogP contribution in [0.3, 0.4) is 0 Å². The van der Waals surface area contributed by atoms with Crippen molar-refractivity contribution >= 4 is 17.7 Å². The summed E-state index contributed by atoms with van der Waals surface area (Å²) in [6, 6.07) is 24.4. The highest BCUT2D eigenvalue weighted by molar-refractivity contribution is 5.90. The number of ether oxygens (including phenoxy) is 2. The van der Waals surface area contributed by atoms with Gasteiger partial charge in [-0.05, 0) is 63.3 Å². The van der Waals surface area contributed by atoms with Gasteiger partial charge in [0.25, 0.3) is 5.78 Å². The summed E-state index contributed by atoms with van der Waals surface area (Å²) in [4.78, 5) is 29.6. The summed E-state index contributed by atoms with van der Waals surface area (Å²) in [5, 5.41) is 8.11. The SMILES string of the molecule is CC(C)(C)OC(=O)NC1(c2ccc(-c3nc4nc(-c5ccccn5)nn4c(N4CCOCC4)c3-c3ccccc3)cc2)CCC1. The Hall–Kier alpha value is -4.83. The molecule has 0 spiro atoms. The third-order valence-electron chi connectivity index (χ3n) is 8.39. The summed E-state index contributed by atoms with van der Waals surface area (Å²) in [7, 11) is 0. The van der Waals surface area contributed by atoms with E-state index in [1.807, 2.05) is 61.7 Å². The molecule has 4 heterocycles. The van der Waals surface area contributed by atoms with Crippen LogP contribution in [-0.2, 0) is 15.0 Å². The number of nitrogens with zero attached hydrogens (tertiary/aromatic N) is 6. The van der Waals surface area contributed by atoms with E-state index in [4.69, 9.17) is 24.5 Å². The Morgan fingerprint density at radius 2 is 1.64 bits per heavy atom. The second kappa shape index (κ2) is 11.6. The fraction of sp³-hybridized carbons (Fsp3) is 0.343. The number of hydrogen-bond donors (Lipinski definition) is 1. The summed E-state index contributed by atoms with van der Waals surface area (Å²) in [5.74, 6) is 1.94. The van der Waals surface area contributed by atoms with Crippen LogP contribution < -0.4 is 10.2 Å². The van der Waals surface area contributed by atoms with E-state index in [-0.39, 0.29) is 0 Å². The standard InChI is InChI=1S/C35H37N7O3/c1-34(2,3)45-33(43)39-35(17-9-18-35)26-15-13-25(14-16-26)29-28(24-10-5-4-6-11-24)31(41-20-22-44-23-21-41)42-32(37-29)38-30(40-42)27-12-7-8-19-36-27/h4-8,10-16,19H,9,17-18,20-23H2,1-3H3,(H,39,43). The summed E-state index contributed by atoms with van der Waals surface area (Å²) >= 11 is 0. The summed E-state index contributed by atoms with van der Waals surface area (Å²) < 4.78 is 13.2. The van der Waals surface area contributed by atoms with Crippen LogP contribution in [0, 0.1) is 0 Å². The number of fused-ring (bicyclic) bond motifs is 1. The van der Waals surface area contributed by atoms with E-state index in [9.17, 15) is 4.79 Å². The van der Waals surface area contributed by atoms with Crippen LogP contribution >= 0.6 is 0 Å². The monoisotopic (exact) mass is 603 g/mol. The Kier molecular flexibility index (Phi) is 7.45. The second-order valence-electron chi connectivity index (χ2n) is 12.6. The van der Waals surface area contributed by atoms with Gasteiger partial charge in [0, 0.05) is 24.8 Å². The number of alkyl carbamates (subject to hydrolysis) is 1. The van der Waals surface area contributed by atoms with Crippen molar-refractivity contribution in [2.75, 3.05) is 31.2 Å². The number of carbonyl (C=O) groups excluding carboxylic acids is 1. The Bertz CT molecular complexity index is 1810. The number of anilines is 1.